The number of hydrogen-bond donors (Lipinski definition) is 2. The Morgan fingerprint density at radius 1 is 1.32 bits per heavy atom. The van der Waals surface area contributed by atoms with Crippen molar-refractivity contribution in [1.29, 1.82) is 0 Å². The lowest BCUT2D eigenvalue weighted by Gasteiger charge is -2.18. The third-order valence-electron chi connectivity index (χ3n) is 3.90. The maximum Gasteiger partial charge on any atom is 0.315 e. The molecule has 0 aromatic heterocycles. The summed E-state index contributed by atoms with van der Waals surface area (Å²) in [5, 5.41) is 5.64. The largest absolute Gasteiger partial charge is 0.497 e. The van der Waals surface area contributed by atoms with Crippen LogP contribution in [0.25, 0.3) is 0 Å². The van der Waals surface area contributed by atoms with Crippen molar-refractivity contribution >= 4 is 17.6 Å². The Kier molecular flexibility index (Phi) is 7.06. The summed E-state index contributed by atoms with van der Waals surface area (Å²) in [6.07, 6.45) is 1.26. The zero-order chi connectivity index (χ0) is 18.2. The Hall–Kier alpha value is -2.28. The molecule has 2 N–H and O–H groups in total. The molecule has 1 aromatic rings. The van der Waals surface area contributed by atoms with Crippen molar-refractivity contribution in [3.63, 3.8) is 0 Å². The van der Waals surface area contributed by atoms with E-state index >= 15 is 0 Å². The number of nitrogens with zero attached hydrogens (tertiary/aromatic N) is 1. The van der Waals surface area contributed by atoms with Crippen molar-refractivity contribution in [1.82, 2.24) is 10.6 Å². The third-order valence-corrected chi connectivity index (χ3v) is 3.90. The molecule has 1 aromatic carbocycles. The minimum absolute atomic E-state index is 0.000741. The Morgan fingerprint density at radius 2 is 2.04 bits per heavy atom. The van der Waals surface area contributed by atoms with Gasteiger partial charge in [0.25, 0.3) is 0 Å². The number of methoxy groups -OCH3 is 1. The molecule has 1 aliphatic heterocycles. The van der Waals surface area contributed by atoms with Gasteiger partial charge in [-0.25, -0.2) is 4.79 Å². The second kappa shape index (κ2) is 9.27. The number of ether oxygens (including phenoxy) is 2. The Balaban J connectivity index is 1.74. The van der Waals surface area contributed by atoms with Gasteiger partial charge in [0.2, 0.25) is 5.91 Å². The molecular weight excluding hydrogens is 322 g/mol. The van der Waals surface area contributed by atoms with Crippen LogP contribution in [0.3, 0.4) is 0 Å². The fourth-order valence-corrected chi connectivity index (χ4v) is 2.65. The molecule has 1 saturated heterocycles. The average molecular weight is 349 g/mol. The molecule has 7 heteroatoms. The molecule has 0 spiro atoms. The van der Waals surface area contributed by atoms with E-state index in [0.717, 1.165) is 17.9 Å². The van der Waals surface area contributed by atoms with E-state index in [0.29, 0.717) is 26.1 Å². The normalized spacial score (nSPS) is 17.0. The molecule has 1 fully saturated rings. The lowest BCUT2D eigenvalue weighted by atomic mass is 10.2. The summed E-state index contributed by atoms with van der Waals surface area (Å²) in [6.45, 7) is 5.58. The van der Waals surface area contributed by atoms with Gasteiger partial charge < -0.3 is 25.0 Å². The number of amides is 3. The first-order valence-electron chi connectivity index (χ1n) is 8.60. The van der Waals surface area contributed by atoms with E-state index < -0.39 is 0 Å². The van der Waals surface area contributed by atoms with Crippen LogP contribution < -0.4 is 20.3 Å². The molecule has 0 saturated carbocycles. The SMILES string of the molecule is COc1ccc(N2C[C@@H](NC(=O)NCCCOC(C)C)CC2=O)cc1. The molecule has 138 valence electrons. The van der Waals surface area contributed by atoms with Crippen LogP contribution in [0.5, 0.6) is 5.75 Å². The van der Waals surface area contributed by atoms with Gasteiger partial charge in [-0.05, 0) is 44.5 Å². The highest BCUT2D eigenvalue weighted by atomic mass is 16.5. The lowest BCUT2D eigenvalue weighted by Crippen LogP contribution is -2.43. The van der Waals surface area contributed by atoms with Crippen LogP contribution in [0.1, 0.15) is 26.7 Å². The molecule has 0 aliphatic carbocycles. The highest BCUT2D eigenvalue weighted by Gasteiger charge is 2.31. The van der Waals surface area contributed by atoms with E-state index in [9.17, 15) is 9.59 Å². The molecule has 0 bridgehead atoms. The molecule has 25 heavy (non-hydrogen) atoms. The molecule has 1 heterocycles. The van der Waals surface area contributed by atoms with Gasteiger partial charge in [0.1, 0.15) is 5.75 Å². The monoisotopic (exact) mass is 349 g/mol. The smallest absolute Gasteiger partial charge is 0.315 e. The maximum absolute atomic E-state index is 12.2. The Morgan fingerprint density at radius 3 is 2.68 bits per heavy atom. The number of anilines is 1. The van der Waals surface area contributed by atoms with Crippen molar-refractivity contribution in [2.45, 2.75) is 38.8 Å². The summed E-state index contributed by atoms with van der Waals surface area (Å²) < 4.78 is 10.5. The van der Waals surface area contributed by atoms with Crippen molar-refractivity contribution in [2.24, 2.45) is 0 Å². The van der Waals surface area contributed by atoms with E-state index in [1.54, 1.807) is 12.0 Å². The fourth-order valence-electron chi connectivity index (χ4n) is 2.65. The van der Waals surface area contributed by atoms with Crippen LogP contribution in [0, 0.1) is 0 Å². The second-order valence-corrected chi connectivity index (χ2v) is 6.28. The third kappa shape index (κ3) is 5.94. The molecule has 1 aliphatic rings. The zero-order valence-corrected chi connectivity index (χ0v) is 15.1. The molecular formula is C18H27N3O4. The summed E-state index contributed by atoms with van der Waals surface area (Å²) in [5.41, 5.74) is 0.807. The molecule has 3 amide bonds. The number of carbonyl (C=O) groups excluding carboxylic acids is 2. The molecule has 1 atom stereocenters. The summed E-state index contributed by atoms with van der Waals surface area (Å²) in [7, 11) is 1.60. The first kappa shape index (κ1) is 19.1. The lowest BCUT2D eigenvalue weighted by molar-refractivity contribution is -0.117. The van der Waals surface area contributed by atoms with E-state index in [1.807, 2.05) is 38.1 Å². The highest BCUT2D eigenvalue weighted by molar-refractivity contribution is 5.96. The Labute approximate surface area is 148 Å². The van der Waals surface area contributed by atoms with Gasteiger partial charge in [0.15, 0.2) is 0 Å². The van der Waals surface area contributed by atoms with Crippen molar-refractivity contribution in [3.8, 4) is 5.75 Å². The zero-order valence-electron chi connectivity index (χ0n) is 15.1. The number of nitrogens with one attached hydrogen (secondary N) is 2. The molecule has 7 nitrogen and oxygen atoms in total. The highest BCUT2D eigenvalue weighted by Crippen LogP contribution is 2.24. The summed E-state index contributed by atoms with van der Waals surface area (Å²) >= 11 is 0. The van der Waals surface area contributed by atoms with Crippen molar-refractivity contribution in [3.05, 3.63) is 24.3 Å². The number of urea groups is 1. The van der Waals surface area contributed by atoms with Gasteiger partial charge in [0, 0.05) is 31.8 Å². The van der Waals surface area contributed by atoms with E-state index in [1.165, 1.54) is 0 Å². The first-order valence-corrected chi connectivity index (χ1v) is 8.60. The number of benzene rings is 1. The number of carbonyl (C=O) groups is 2. The summed E-state index contributed by atoms with van der Waals surface area (Å²) in [6, 6.07) is 6.87. The molecule has 2 rings (SSSR count). The average Bonchev–Trinajstić information content (AvgIpc) is 2.94. The van der Waals surface area contributed by atoms with Crippen LogP contribution in [0.15, 0.2) is 24.3 Å². The summed E-state index contributed by atoms with van der Waals surface area (Å²) in [5.74, 6) is 0.742. The fraction of sp³-hybridized carbons (Fsp3) is 0.556. The van der Waals surface area contributed by atoms with Crippen molar-refractivity contribution < 1.29 is 19.1 Å². The minimum atomic E-state index is -0.251. The van der Waals surface area contributed by atoms with Crippen LogP contribution in [0.2, 0.25) is 0 Å². The Bertz CT molecular complexity index is 574. The predicted octanol–water partition coefficient (Wildman–Crippen LogP) is 1.91. The predicted molar refractivity (Wildman–Crippen MR) is 96.0 cm³/mol. The maximum atomic E-state index is 12.2. The van der Waals surface area contributed by atoms with Gasteiger partial charge in [-0.3, -0.25) is 4.79 Å². The van der Waals surface area contributed by atoms with Gasteiger partial charge in [0.05, 0.1) is 19.3 Å². The van der Waals surface area contributed by atoms with E-state index in [4.69, 9.17) is 9.47 Å². The standard InChI is InChI=1S/C18H27N3O4/c1-13(2)25-10-4-9-19-18(23)20-14-11-17(22)21(12-14)15-5-7-16(24-3)8-6-15/h5-8,13-14H,4,9-12H2,1-3H3,(H2,19,20,23)/t14-/m0/s1. The second-order valence-electron chi connectivity index (χ2n) is 6.28. The van der Waals surface area contributed by atoms with Crippen LogP contribution in [-0.2, 0) is 9.53 Å². The quantitative estimate of drug-likeness (QED) is 0.703. The van der Waals surface area contributed by atoms with Gasteiger partial charge in [-0.2, -0.15) is 0 Å². The topological polar surface area (TPSA) is 79.9 Å². The van der Waals surface area contributed by atoms with Crippen LogP contribution in [-0.4, -0.2) is 50.9 Å². The summed E-state index contributed by atoms with van der Waals surface area (Å²) in [4.78, 5) is 25.8. The van der Waals surface area contributed by atoms with Crippen molar-refractivity contribution in [2.75, 3.05) is 31.7 Å². The number of hydrogen-bond acceptors (Lipinski definition) is 4. The number of rotatable bonds is 8. The van der Waals surface area contributed by atoms with E-state index in [2.05, 4.69) is 10.6 Å². The van der Waals surface area contributed by atoms with E-state index in [-0.39, 0.29) is 24.1 Å². The van der Waals surface area contributed by atoms with Crippen LogP contribution in [0.4, 0.5) is 10.5 Å². The molecule has 0 unspecified atom stereocenters. The van der Waals surface area contributed by atoms with Gasteiger partial charge in [-0.1, -0.05) is 0 Å². The minimum Gasteiger partial charge on any atom is -0.497 e. The van der Waals surface area contributed by atoms with Crippen LogP contribution >= 0.6 is 0 Å². The van der Waals surface area contributed by atoms with Gasteiger partial charge >= 0.3 is 6.03 Å². The first-order chi connectivity index (χ1) is 12.0. The van der Waals surface area contributed by atoms with Gasteiger partial charge in [-0.15, -0.1) is 0 Å². The molecule has 0 radical (unpaired) electrons.